The molecule has 134 valence electrons. The molecule has 0 aliphatic carbocycles. The summed E-state index contributed by atoms with van der Waals surface area (Å²) in [5, 5.41) is 2.78. The van der Waals surface area contributed by atoms with Crippen molar-refractivity contribution in [3.8, 4) is 0 Å². The Bertz CT molecular complexity index is 987. The molecule has 2 amide bonds. The van der Waals surface area contributed by atoms with Crippen LogP contribution in [0.15, 0.2) is 78.9 Å². The fraction of sp³-hybridized carbons (Fsp3) is 0.0909. The minimum Gasteiger partial charge on any atom is -0.324 e. The van der Waals surface area contributed by atoms with Gasteiger partial charge >= 0.3 is 0 Å². The molecule has 3 aromatic rings. The number of rotatable bonds is 3. The Labute approximate surface area is 156 Å². The Kier molecular flexibility index (Phi) is 4.42. The summed E-state index contributed by atoms with van der Waals surface area (Å²) in [4.78, 5) is 27.6. The molecule has 0 saturated carbocycles. The summed E-state index contributed by atoms with van der Waals surface area (Å²) < 4.78 is 13.1. The van der Waals surface area contributed by atoms with Crippen LogP contribution in [0.3, 0.4) is 0 Å². The second kappa shape index (κ2) is 7.03. The molecule has 5 heteroatoms. The summed E-state index contributed by atoms with van der Waals surface area (Å²) in [6.07, 6.45) is 0.432. The molecule has 1 heterocycles. The smallest absolute Gasteiger partial charge is 0.259 e. The lowest BCUT2D eigenvalue weighted by atomic mass is 10.1. The van der Waals surface area contributed by atoms with Crippen molar-refractivity contribution in [1.82, 2.24) is 0 Å². The summed E-state index contributed by atoms with van der Waals surface area (Å²) in [6.45, 7) is 0. The molecule has 0 spiro atoms. The van der Waals surface area contributed by atoms with Crippen LogP contribution in [0.5, 0.6) is 0 Å². The molecule has 1 atom stereocenters. The second-order valence-electron chi connectivity index (χ2n) is 6.39. The van der Waals surface area contributed by atoms with E-state index in [9.17, 15) is 14.0 Å². The van der Waals surface area contributed by atoms with Crippen LogP contribution in [0.1, 0.15) is 15.9 Å². The van der Waals surface area contributed by atoms with E-state index < -0.39 is 6.04 Å². The first-order valence-electron chi connectivity index (χ1n) is 8.66. The number of para-hydroxylation sites is 1. The third-order valence-electron chi connectivity index (χ3n) is 4.63. The number of amides is 2. The molecule has 0 fully saturated rings. The van der Waals surface area contributed by atoms with E-state index in [1.807, 2.05) is 30.3 Å². The zero-order valence-corrected chi connectivity index (χ0v) is 14.4. The Morgan fingerprint density at radius 3 is 2.30 bits per heavy atom. The number of anilines is 2. The number of halogens is 1. The third kappa shape index (κ3) is 3.31. The lowest BCUT2D eigenvalue weighted by molar-refractivity contribution is -0.117. The normalized spacial score (nSPS) is 15.3. The zero-order valence-electron chi connectivity index (χ0n) is 14.4. The maximum Gasteiger partial charge on any atom is 0.259 e. The molecule has 0 aromatic heterocycles. The van der Waals surface area contributed by atoms with E-state index in [1.54, 1.807) is 29.2 Å². The van der Waals surface area contributed by atoms with Gasteiger partial charge in [0.05, 0.1) is 0 Å². The Morgan fingerprint density at radius 1 is 0.889 bits per heavy atom. The van der Waals surface area contributed by atoms with Gasteiger partial charge in [-0.15, -0.1) is 0 Å². The van der Waals surface area contributed by atoms with Gasteiger partial charge in [-0.1, -0.05) is 36.4 Å². The van der Waals surface area contributed by atoms with Gasteiger partial charge in [-0.3, -0.25) is 14.5 Å². The Balaban J connectivity index is 1.65. The molecular formula is C22H17FN2O2. The van der Waals surface area contributed by atoms with Crippen molar-refractivity contribution in [1.29, 1.82) is 0 Å². The molecule has 4 rings (SSSR count). The summed E-state index contributed by atoms with van der Waals surface area (Å²) >= 11 is 0. The fourth-order valence-electron chi connectivity index (χ4n) is 3.33. The van der Waals surface area contributed by atoms with E-state index in [1.165, 1.54) is 24.3 Å². The van der Waals surface area contributed by atoms with E-state index in [2.05, 4.69) is 5.32 Å². The van der Waals surface area contributed by atoms with Crippen LogP contribution in [0.4, 0.5) is 15.8 Å². The Hall–Kier alpha value is -3.47. The number of hydrogen-bond donors (Lipinski definition) is 1. The van der Waals surface area contributed by atoms with Crippen LogP contribution in [0.25, 0.3) is 0 Å². The van der Waals surface area contributed by atoms with Gasteiger partial charge in [-0.2, -0.15) is 0 Å². The molecule has 4 nitrogen and oxygen atoms in total. The number of benzene rings is 3. The zero-order chi connectivity index (χ0) is 18.8. The van der Waals surface area contributed by atoms with Gasteiger partial charge in [-0.25, -0.2) is 4.39 Å². The van der Waals surface area contributed by atoms with Crippen LogP contribution in [-0.4, -0.2) is 17.9 Å². The van der Waals surface area contributed by atoms with Crippen LogP contribution < -0.4 is 10.2 Å². The third-order valence-corrected chi connectivity index (χ3v) is 4.63. The summed E-state index contributed by atoms with van der Waals surface area (Å²) in [5.41, 5.74) is 2.70. The van der Waals surface area contributed by atoms with Crippen LogP contribution in [0, 0.1) is 5.82 Å². The molecule has 1 aliphatic heterocycles. The number of carbonyl (C=O) groups is 2. The fourth-order valence-corrected chi connectivity index (χ4v) is 3.33. The SMILES string of the molecule is O=C(Nc1ccc(F)cc1)C1Cc2ccccc2N1C(=O)c1ccccc1. The summed E-state index contributed by atoms with van der Waals surface area (Å²) in [7, 11) is 0. The maximum atomic E-state index is 13.1. The Morgan fingerprint density at radius 2 is 1.56 bits per heavy atom. The van der Waals surface area contributed by atoms with Crippen LogP contribution >= 0.6 is 0 Å². The quantitative estimate of drug-likeness (QED) is 0.766. The van der Waals surface area contributed by atoms with Gasteiger partial charge in [0.25, 0.3) is 5.91 Å². The lowest BCUT2D eigenvalue weighted by Crippen LogP contribution is -2.45. The van der Waals surface area contributed by atoms with Gasteiger partial charge in [0, 0.05) is 23.4 Å². The summed E-state index contributed by atoms with van der Waals surface area (Å²) in [6, 6.07) is 21.3. The molecule has 0 radical (unpaired) electrons. The number of carbonyl (C=O) groups excluding carboxylic acids is 2. The van der Waals surface area contributed by atoms with Gasteiger partial charge in [0.1, 0.15) is 11.9 Å². The molecular weight excluding hydrogens is 343 g/mol. The van der Waals surface area contributed by atoms with E-state index >= 15 is 0 Å². The van der Waals surface area contributed by atoms with Gasteiger partial charge in [-0.05, 0) is 48.0 Å². The van der Waals surface area contributed by atoms with Gasteiger partial charge < -0.3 is 5.32 Å². The van der Waals surface area contributed by atoms with Crippen molar-refractivity contribution in [3.05, 3.63) is 95.8 Å². The first-order valence-corrected chi connectivity index (χ1v) is 8.66. The standard InChI is InChI=1S/C22H17FN2O2/c23-17-10-12-18(13-11-17)24-21(26)20-14-16-8-4-5-9-19(16)25(20)22(27)15-6-2-1-3-7-15/h1-13,20H,14H2,(H,24,26). The topological polar surface area (TPSA) is 49.4 Å². The highest BCUT2D eigenvalue weighted by Crippen LogP contribution is 2.34. The van der Waals surface area contributed by atoms with Crippen LogP contribution in [0.2, 0.25) is 0 Å². The van der Waals surface area contributed by atoms with Crippen molar-refractivity contribution in [2.45, 2.75) is 12.5 Å². The van der Waals surface area contributed by atoms with Gasteiger partial charge in [0.15, 0.2) is 0 Å². The van der Waals surface area contributed by atoms with Crippen molar-refractivity contribution >= 4 is 23.2 Å². The molecule has 0 bridgehead atoms. The van der Waals surface area contributed by atoms with Crippen molar-refractivity contribution < 1.29 is 14.0 Å². The predicted molar refractivity (Wildman–Crippen MR) is 102 cm³/mol. The van der Waals surface area contributed by atoms with Crippen molar-refractivity contribution in [2.24, 2.45) is 0 Å². The minimum atomic E-state index is -0.667. The number of fused-ring (bicyclic) bond motifs is 1. The number of nitrogens with zero attached hydrogens (tertiary/aromatic N) is 1. The van der Waals surface area contributed by atoms with Crippen LogP contribution in [-0.2, 0) is 11.2 Å². The first kappa shape index (κ1) is 17.0. The highest BCUT2D eigenvalue weighted by molar-refractivity contribution is 6.13. The van der Waals surface area contributed by atoms with Crippen molar-refractivity contribution in [3.63, 3.8) is 0 Å². The lowest BCUT2D eigenvalue weighted by Gasteiger charge is -2.25. The van der Waals surface area contributed by atoms with Crippen molar-refractivity contribution in [2.75, 3.05) is 10.2 Å². The highest BCUT2D eigenvalue weighted by Gasteiger charge is 2.38. The monoisotopic (exact) mass is 360 g/mol. The summed E-state index contributed by atoms with van der Waals surface area (Å²) in [5.74, 6) is -0.899. The molecule has 1 aliphatic rings. The number of nitrogens with one attached hydrogen (secondary N) is 1. The predicted octanol–water partition coefficient (Wildman–Crippen LogP) is 4.04. The molecule has 0 saturated heterocycles. The highest BCUT2D eigenvalue weighted by atomic mass is 19.1. The number of hydrogen-bond acceptors (Lipinski definition) is 2. The first-order chi connectivity index (χ1) is 13.1. The second-order valence-corrected chi connectivity index (χ2v) is 6.39. The minimum absolute atomic E-state index is 0.222. The molecule has 1 unspecified atom stereocenters. The average Bonchev–Trinajstić information content (AvgIpc) is 3.09. The van der Waals surface area contributed by atoms with Gasteiger partial charge in [0.2, 0.25) is 5.91 Å². The molecule has 3 aromatic carbocycles. The molecule has 27 heavy (non-hydrogen) atoms. The van der Waals surface area contributed by atoms with E-state index in [0.29, 0.717) is 17.7 Å². The van der Waals surface area contributed by atoms with E-state index in [0.717, 1.165) is 11.3 Å². The molecule has 1 N–H and O–H groups in total. The van der Waals surface area contributed by atoms with E-state index in [-0.39, 0.29) is 17.6 Å². The van der Waals surface area contributed by atoms with E-state index in [4.69, 9.17) is 0 Å². The maximum absolute atomic E-state index is 13.1. The average molecular weight is 360 g/mol. The largest absolute Gasteiger partial charge is 0.324 e.